The highest BCUT2D eigenvalue weighted by Crippen LogP contribution is 2.21. The molecule has 8 nitrogen and oxygen atoms in total. The Kier molecular flexibility index (Phi) is 2.53. The summed E-state index contributed by atoms with van der Waals surface area (Å²) in [6, 6.07) is 7.53. The van der Waals surface area contributed by atoms with Crippen molar-refractivity contribution < 1.29 is 9.66 Å². The molecule has 0 N–H and O–H groups in total. The molecule has 0 spiro atoms. The highest BCUT2D eigenvalue weighted by Gasteiger charge is 2.08. The van der Waals surface area contributed by atoms with Crippen molar-refractivity contribution in [3.8, 4) is 11.8 Å². The van der Waals surface area contributed by atoms with E-state index in [-0.39, 0.29) is 11.7 Å². The first-order valence-corrected chi connectivity index (χ1v) is 5.31. The maximum atomic E-state index is 10.5. The first-order chi connectivity index (χ1) is 9.22. The zero-order valence-electron chi connectivity index (χ0n) is 9.50. The van der Waals surface area contributed by atoms with Gasteiger partial charge in [0.1, 0.15) is 12.1 Å². The van der Waals surface area contributed by atoms with E-state index in [0.29, 0.717) is 11.4 Å². The number of aromatic nitrogens is 4. The van der Waals surface area contributed by atoms with Crippen LogP contribution in [0.2, 0.25) is 0 Å². The molecule has 19 heavy (non-hydrogen) atoms. The molecule has 0 amide bonds. The fourth-order valence-corrected chi connectivity index (χ4v) is 1.51. The number of non-ortho nitro benzene ring substituents is 1. The van der Waals surface area contributed by atoms with Gasteiger partial charge in [0.2, 0.25) is 0 Å². The lowest BCUT2D eigenvalue weighted by atomic mass is 10.3. The SMILES string of the molecule is O=[N+]([O-])c1ccc(Oc2nc3ccncn3n2)cc1. The number of nitro groups is 1. The average molecular weight is 257 g/mol. The van der Waals surface area contributed by atoms with E-state index in [1.54, 1.807) is 12.3 Å². The van der Waals surface area contributed by atoms with Gasteiger partial charge in [-0.1, -0.05) is 0 Å². The third kappa shape index (κ3) is 2.18. The minimum atomic E-state index is -0.474. The van der Waals surface area contributed by atoms with Crippen molar-refractivity contribution in [2.24, 2.45) is 0 Å². The molecule has 3 rings (SSSR count). The van der Waals surface area contributed by atoms with E-state index in [1.807, 2.05) is 0 Å². The first-order valence-electron chi connectivity index (χ1n) is 5.31. The standard InChI is InChI=1S/C11H7N5O3/c17-16(18)8-1-3-9(4-2-8)19-11-13-10-5-6-12-7-15(10)14-11/h1-7H. The number of hydrogen-bond acceptors (Lipinski definition) is 6. The van der Waals surface area contributed by atoms with Gasteiger partial charge in [-0.3, -0.25) is 10.1 Å². The van der Waals surface area contributed by atoms with Gasteiger partial charge in [0.05, 0.1) is 4.92 Å². The maximum Gasteiger partial charge on any atom is 0.341 e. The maximum absolute atomic E-state index is 10.5. The number of nitrogens with zero attached hydrogens (tertiary/aromatic N) is 5. The van der Waals surface area contributed by atoms with Crippen LogP contribution in [0.1, 0.15) is 0 Å². The van der Waals surface area contributed by atoms with Gasteiger partial charge in [0, 0.05) is 24.4 Å². The van der Waals surface area contributed by atoms with Gasteiger partial charge in [0.15, 0.2) is 5.65 Å². The summed E-state index contributed by atoms with van der Waals surface area (Å²) >= 11 is 0. The zero-order valence-corrected chi connectivity index (χ0v) is 9.50. The smallest absolute Gasteiger partial charge is 0.341 e. The van der Waals surface area contributed by atoms with Crippen molar-refractivity contribution >= 4 is 11.3 Å². The summed E-state index contributed by atoms with van der Waals surface area (Å²) in [4.78, 5) is 18.1. The van der Waals surface area contributed by atoms with Gasteiger partial charge in [0.25, 0.3) is 5.69 Å². The Morgan fingerprint density at radius 3 is 2.68 bits per heavy atom. The molecule has 3 aromatic rings. The van der Waals surface area contributed by atoms with Crippen LogP contribution in [-0.2, 0) is 0 Å². The van der Waals surface area contributed by atoms with Crippen LogP contribution >= 0.6 is 0 Å². The predicted octanol–water partition coefficient (Wildman–Crippen LogP) is 1.82. The lowest BCUT2D eigenvalue weighted by Gasteiger charge is -1.99. The van der Waals surface area contributed by atoms with Crippen LogP contribution in [0.25, 0.3) is 5.65 Å². The molecule has 0 unspecified atom stereocenters. The molecular formula is C11H7N5O3. The molecule has 0 saturated carbocycles. The molecule has 94 valence electrons. The van der Waals surface area contributed by atoms with Crippen molar-refractivity contribution in [1.29, 1.82) is 0 Å². The normalized spacial score (nSPS) is 10.5. The van der Waals surface area contributed by atoms with Gasteiger partial charge in [-0.15, -0.1) is 5.10 Å². The molecular weight excluding hydrogens is 250 g/mol. The number of ether oxygens (including phenoxy) is 1. The van der Waals surface area contributed by atoms with Crippen LogP contribution in [0.3, 0.4) is 0 Å². The highest BCUT2D eigenvalue weighted by molar-refractivity contribution is 5.39. The monoisotopic (exact) mass is 257 g/mol. The molecule has 0 radical (unpaired) electrons. The molecule has 8 heteroatoms. The Bertz CT molecular complexity index is 704. The van der Waals surface area contributed by atoms with Crippen LogP contribution in [0.4, 0.5) is 5.69 Å². The molecule has 0 bridgehead atoms. The largest absolute Gasteiger partial charge is 0.423 e. The lowest BCUT2D eigenvalue weighted by molar-refractivity contribution is -0.384. The summed E-state index contributed by atoms with van der Waals surface area (Å²) in [7, 11) is 0. The van der Waals surface area contributed by atoms with E-state index in [9.17, 15) is 10.1 Å². The quantitative estimate of drug-likeness (QED) is 0.524. The van der Waals surface area contributed by atoms with Crippen LogP contribution in [0.5, 0.6) is 11.8 Å². The molecule has 0 aliphatic carbocycles. The second-order valence-corrected chi connectivity index (χ2v) is 3.63. The second-order valence-electron chi connectivity index (χ2n) is 3.63. The summed E-state index contributed by atoms with van der Waals surface area (Å²) in [6.07, 6.45) is 3.10. The third-order valence-electron chi connectivity index (χ3n) is 2.38. The number of hydrogen-bond donors (Lipinski definition) is 0. The van der Waals surface area contributed by atoms with E-state index in [1.165, 1.54) is 35.1 Å². The molecule has 1 aromatic carbocycles. The predicted molar refractivity (Wildman–Crippen MR) is 64.0 cm³/mol. The van der Waals surface area contributed by atoms with E-state index < -0.39 is 4.92 Å². The molecule has 0 atom stereocenters. The topological polar surface area (TPSA) is 95.5 Å². The molecule has 0 aliphatic heterocycles. The van der Waals surface area contributed by atoms with Gasteiger partial charge >= 0.3 is 6.01 Å². The molecule has 2 heterocycles. The fraction of sp³-hybridized carbons (Fsp3) is 0. The van der Waals surface area contributed by atoms with Gasteiger partial charge in [-0.2, -0.15) is 9.50 Å². The summed E-state index contributed by atoms with van der Waals surface area (Å²) < 4.78 is 6.88. The number of fused-ring (bicyclic) bond motifs is 1. The van der Waals surface area contributed by atoms with Crippen LogP contribution in [0.15, 0.2) is 42.9 Å². The summed E-state index contributed by atoms with van der Waals surface area (Å²) in [5.74, 6) is 0.425. The van der Waals surface area contributed by atoms with E-state index in [0.717, 1.165) is 0 Å². The van der Waals surface area contributed by atoms with Crippen molar-refractivity contribution in [1.82, 2.24) is 19.6 Å². The van der Waals surface area contributed by atoms with Crippen LogP contribution in [0, 0.1) is 10.1 Å². The summed E-state index contributed by atoms with van der Waals surface area (Å²) in [5, 5.41) is 14.6. The Morgan fingerprint density at radius 1 is 1.21 bits per heavy atom. The molecule has 2 aromatic heterocycles. The van der Waals surface area contributed by atoms with Crippen molar-refractivity contribution in [2.75, 3.05) is 0 Å². The van der Waals surface area contributed by atoms with E-state index in [2.05, 4.69) is 15.1 Å². The van der Waals surface area contributed by atoms with Crippen molar-refractivity contribution in [3.05, 3.63) is 53.0 Å². The minimum absolute atomic E-state index is 0.000453. The zero-order chi connectivity index (χ0) is 13.2. The number of rotatable bonds is 3. The second kappa shape index (κ2) is 4.33. The first kappa shape index (κ1) is 11.1. The molecule has 0 saturated heterocycles. The lowest BCUT2D eigenvalue weighted by Crippen LogP contribution is -1.90. The number of nitro benzene ring substituents is 1. The van der Waals surface area contributed by atoms with Crippen LogP contribution in [-0.4, -0.2) is 24.5 Å². The van der Waals surface area contributed by atoms with Crippen LogP contribution < -0.4 is 4.74 Å². The Balaban J connectivity index is 1.86. The summed E-state index contributed by atoms with van der Waals surface area (Å²) in [6.45, 7) is 0. The third-order valence-corrected chi connectivity index (χ3v) is 2.38. The van der Waals surface area contributed by atoms with Crippen molar-refractivity contribution in [3.63, 3.8) is 0 Å². The Labute approximate surface area is 106 Å². The van der Waals surface area contributed by atoms with Gasteiger partial charge < -0.3 is 4.74 Å². The van der Waals surface area contributed by atoms with Gasteiger partial charge in [-0.25, -0.2) is 4.98 Å². The Morgan fingerprint density at radius 2 is 2.00 bits per heavy atom. The van der Waals surface area contributed by atoms with Crippen molar-refractivity contribution in [2.45, 2.75) is 0 Å². The van der Waals surface area contributed by atoms with E-state index >= 15 is 0 Å². The highest BCUT2D eigenvalue weighted by atomic mass is 16.6. The van der Waals surface area contributed by atoms with Gasteiger partial charge in [-0.05, 0) is 12.1 Å². The molecule has 0 fully saturated rings. The van der Waals surface area contributed by atoms with E-state index in [4.69, 9.17) is 4.74 Å². The summed E-state index contributed by atoms with van der Waals surface area (Å²) in [5.41, 5.74) is 0.603. The fourth-order valence-electron chi connectivity index (χ4n) is 1.51. The number of benzene rings is 1. The Hall–Kier alpha value is -3.03. The molecule has 0 aliphatic rings. The average Bonchev–Trinajstić information content (AvgIpc) is 2.81. The minimum Gasteiger partial charge on any atom is -0.423 e.